The smallest absolute Gasteiger partial charge is 0.188 e. The molecule has 0 saturated heterocycles. The van der Waals surface area contributed by atoms with Gasteiger partial charge < -0.3 is 18.9 Å². The van der Waals surface area contributed by atoms with Crippen molar-refractivity contribution >= 4 is 8.07 Å². The standard InChI is InChI=1S/C23H29NO4Si/c1-25-16-28-22-20(24-14-19-15-27-23(26-2)21(19)22)11-10-17-6-8-18(9-7-17)12-13-29(3,4)5/h6-9,14,23H,10-11,15-16H2,1-5H3. The van der Waals surface area contributed by atoms with E-state index in [1.54, 1.807) is 14.2 Å². The Bertz CT molecular complexity index is 894. The van der Waals surface area contributed by atoms with E-state index in [9.17, 15) is 0 Å². The molecule has 154 valence electrons. The van der Waals surface area contributed by atoms with Crippen LogP contribution in [-0.2, 0) is 33.7 Å². The van der Waals surface area contributed by atoms with Gasteiger partial charge in [0.2, 0.25) is 0 Å². The Labute approximate surface area is 174 Å². The van der Waals surface area contributed by atoms with Gasteiger partial charge in [-0.15, -0.1) is 5.54 Å². The van der Waals surface area contributed by atoms with E-state index in [1.807, 2.05) is 6.20 Å². The van der Waals surface area contributed by atoms with E-state index >= 15 is 0 Å². The number of methoxy groups -OCH3 is 2. The van der Waals surface area contributed by atoms with Crippen molar-refractivity contribution in [1.82, 2.24) is 4.98 Å². The fraction of sp³-hybridized carbons (Fsp3) is 0.435. The monoisotopic (exact) mass is 411 g/mol. The molecule has 0 saturated carbocycles. The van der Waals surface area contributed by atoms with E-state index < -0.39 is 14.4 Å². The molecule has 1 atom stereocenters. The first-order chi connectivity index (χ1) is 13.9. The van der Waals surface area contributed by atoms with Crippen LogP contribution in [-0.4, -0.2) is 34.1 Å². The number of ether oxygens (including phenoxy) is 4. The van der Waals surface area contributed by atoms with Crippen molar-refractivity contribution in [1.29, 1.82) is 0 Å². The van der Waals surface area contributed by atoms with Crippen LogP contribution in [0.25, 0.3) is 0 Å². The van der Waals surface area contributed by atoms with Gasteiger partial charge in [-0.1, -0.05) is 37.7 Å². The third-order valence-electron chi connectivity index (χ3n) is 4.58. The summed E-state index contributed by atoms with van der Waals surface area (Å²) in [4.78, 5) is 4.63. The second-order valence-electron chi connectivity index (χ2n) is 8.10. The first-order valence-electron chi connectivity index (χ1n) is 9.80. The maximum atomic E-state index is 5.87. The number of aromatic nitrogens is 1. The predicted octanol–water partition coefficient (Wildman–Crippen LogP) is 4.25. The third-order valence-corrected chi connectivity index (χ3v) is 5.45. The maximum Gasteiger partial charge on any atom is 0.188 e. The Morgan fingerprint density at radius 3 is 2.55 bits per heavy atom. The Balaban J connectivity index is 1.75. The minimum absolute atomic E-state index is 0.159. The highest BCUT2D eigenvalue weighted by Crippen LogP contribution is 2.39. The second-order valence-corrected chi connectivity index (χ2v) is 12.8. The van der Waals surface area contributed by atoms with E-state index in [4.69, 9.17) is 18.9 Å². The molecule has 1 aliphatic rings. The number of hydrogen-bond donors (Lipinski definition) is 0. The van der Waals surface area contributed by atoms with Gasteiger partial charge in [-0.3, -0.25) is 4.98 Å². The lowest BCUT2D eigenvalue weighted by Crippen LogP contribution is -2.16. The van der Waals surface area contributed by atoms with Crippen LogP contribution in [0.2, 0.25) is 19.6 Å². The molecule has 0 N–H and O–H groups in total. The summed E-state index contributed by atoms with van der Waals surface area (Å²) >= 11 is 0. The number of hydrogen-bond acceptors (Lipinski definition) is 5. The van der Waals surface area contributed by atoms with E-state index in [2.05, 4.69) is 60.4 Å². The summed E-state index contributed by atoms with van der Waals surface area (Å²) in [5.41, 5.74) is 8.51. The average Bonchev–Trinajstić information content (AvgIpc) is 3.13. The summed E-state index contributed by atoms with van der Waals surface area (Å²) < 4.78 is 22.1. The molecule has 1 unspecified atom stereocenters. The van der Waals surface area contributed by atoms with Gasteiger partial charge in [0, 0.05) is 31.5 Å². The van der Waals surface area contributed by atoms with Crippen LogP contribution < -0.4 is 4.74 Å². The highest BCUT2D eigenvalue weighted by Gasteiger charge is 2.30. The van der Waals surface area contributed by atoms with Crippen LogP contribution in [0.3, 0.4) is 0 Å². The molecule has 0 amide bonds. The molecule has 3 rings (SSSR count). The van der Waals surface area contributed by atoms with Crippen molar-refractivity contribution in [3.8, 4) is 17.2 Å². The molecule has 1 aromatic heterocycles. The van der Waals surface area contributed by atoms with Crippen LogP contribution >= 0.6 is 0 Å². The predicted molar refractivity (Wildman–Crippen MR) is 115 cm³/mol. The molecule has 6 heteroatoms. The lowest BCUT2D eigenvalue weighted by molar-refractivity contribution is -0.119. The zero-order valence-electron chi connectivity index (χ0n) is 17.9. The molecule has 2 heterocycles. The lowest BCUT2D eigenvalue weighted by Gasteiger charge is -2.17. The summed E-state index contributed by atoms with van der Waals surface area (Å²) in [5, 5.41) is 0. The summed E-state index contributed by atoms with van der Waals surface area (Å²) in [6.45, 7) is 7.39. The highest BCUT2D eigenvalue weighted by atomic mass is 28.3. The molecule has 0 radical (unpaired) electrons. The normalized spacial score (nSPS) is 15.6. The Morgan fingerprint density at radius 1 is 1.14 bits per heavy atom. The van der Waals surface area contributed by atoms with Gasteiger partial charge in [0.1, 0.15) is 8.07 Å². The van der Waals surface area contributed by atoms with Gasteiger partial charge in [-0.25, -0.2) is 0 Å². The SMILES string of the molecule is COCOc1c(CCc2ccc(C#C[Si](C)(C)C)cc2)ncc2c1C(OC)OC2. The first-order valence-corrected chi connectivity index (χ1v) is 13.3. The molecular formula is C23H29NO4Si. The maximum absolute atomic E-state index is 5.87. The minimum atomic E-state index is -1.36. The zero-order valence-corrected chi connectivity index (χ0v) is 18.9. The fourth-order valence-corrected chi connectivity index (χ4v) is 3.65. The van der Waals surface area contributed by atoms with Gasteiger partial charge >= 0.3 is 0 Å². The average molecular weight is 412 g/mol. The molecule has 5 nitrogen and oxygen atoms in total. The van der Waals surface area contributed by atoms with Crippen LogP contribution in [0.4, 0.5) is 0 Å². The number of benzene rings is 1. The van der Waals surface area contributed by atoms with Gasteiger partial charge in [0.05, 0.1) is 17.9 Å². The third kappa shape index (κ3) is 5.68. The van der Waals surface area contributed by atoms with E-state index in [1.165, 1.54) is 5.56 Å². The summed E-state index contributed by atoms with van der Waals surface area (Å²) in [6.07, 6.45) is 3.04. The second kappa shape index (κ2) is 9.55. The Hall–Kier alpha value is -2.17. The quantitative estimate of drug-likeness (QED) is 0.387. The van der Waals surface area contributed by atoms with Gasteiger partial charge in [0.15, 0.2) is 18.8 Å². The van der Waals surface area contributed by atoms with Crippen LogP contribution in [0.15, 0.2) is 30.5 Å². The van der Waals surface area contributed by atoms with Crippen molar-refractivity contribution in [2.45, 2.75) is 45.4 Å². The lowest BCUT2D eigenvalue weighted by atomic mass is 10.0. The summed E-state index contributed by atoms with van der Waals surface area (Å²) in [6, 6.07) is 8.46. The first kappa shape index (κ1) is 21.5. The van der Waals surface area contributed by atoms with Crippen LogP contribution in [0, 0.1) is 11.5 Å². The van der Waals surface area contributed by atoms with E-state index in [-0.39, 0.29) is 6.79 Å². The molecule has 2 aromatic rings. The number of fused-ring (bicyclic) bond motifs is 1. The molecule has 1 aliphatic heterocycles. The number of pyridine rings is 1. The summed E-state index contributed by atoms with van der Waals surface area (Å²) in [5.74, 6) is 4.01. The molecule has 1 aromatic carbocycles. The Morgan fingerprint density at radius 2 is 1.90 bits per heavy atom. The van der Waals surface area contributed by atoms with E-state index in [0.717, 1.165) is 35.2 Å². The number of nitrogens with zero attached hydrogens (tertiary/aromatic N) is 1. The van der Waals surface area contributed by atoms with Crippen LogP contribution in [0.5, 0.6) is 5.75 Å². The molecular weight excluding hydrogens is 382 g/mol. The minimum Gasteiger partial charge on any atom is -0.465 e. The van der Waals surface area contributed by atoms with Gasteiger partial charge in [-0.2, -0.15) is 0 Å². The van der Waals surface area contributed by atoms with Crippen molar-refractivity contribution in [3.63, 3.8) is 0 Å². The number of aryl methyl sites for hydroxylation is 2. The molecule has 0 aliphatic carbocycles. The van der Waals surface area contributed by atoms with Gasteiger partial charge in [0.25, 0.3) is 0 Å². The van der Waals surface area contributed by atoms with Crippen molar-refractivity contribution in [3.05, 3.63) is 58.4 Å². The molecule has 0 fully saturated rings. The van der Waals surface area contributed by atoms with Crippen molar-refractivity contribution < 1.29 is 18.9 Å². The fourth-order valence-electron chi connectivity index (χ4n) is 3.13. The Kier molecular flexibility index (Phi) is 7.09. The largest absolute Gasteiger partial charge is 0.465 e. The zero-order chi connectivity index (χ0) is 20.9. The molecule has 0 bridgehead atoms. The van der Waals surface area contributed by atoms with Crippen molar-refractivity contribution in [2.24, 2.45) is 0 Å². The van der Waals surface area contributed by atoms with Crippen LogP contribution in [0.1, 0.15) is 34.2 Å². The topological polar surface area (TPSA) is 49.8 Å². The van der Waals surface area contributed by atoms with E-state index in [0.29, 0.717) is 12.4 Å². The van der Waals surface area contributed by atoms with Crippen molar-refractivity contribution in [2.75, 3.05) is 21.0 Å². The number of rotatable bonds is 7. The van der Waals surface area contributed by atoms with Gasteiger partial charge in [-0.05, 0) is 30.5 Å². The highest BCUT2D eigenvalue weighted by molar-refractivity contribution is 6.83. The molecule has 0 spiro atoms. The molecule has 29 heavy (non-hydrogen) atoms. The summed E-state index contributed by atoms with van der Waals surface area (Å²) in [7, 11) is 1.87.